The van der Waals surface area contributed by atoms with Crippen molar-refractivity contribution in [2.24, 2.45) is 5.73 Å². The van der Waals surface area contributed by atoms with E-state index in [9.17, 15) is 0 Å². The van der Waals surface area contributed by atoms with E-state index in [-0.39, 0.29) is 0 Å². The third kappa shape index (κ3) is 2.76. The second-order valence-electron chi connectivity index (χ2n) is 7.37. The molecule has 3 heterocycles. The SMILES string of the molecule is NC1CC2CCC(C1)N2Cc1ccn(C2CCCCC2)n1. The van der Waals surface area contributed by atoms with Gasteiger partial charge in [-0.1, -0.05) is 19.3 Å². The van der Waals surface area contributed by atoms with Crippen molar-refractivity contribution in [3.05, 3.63) is 18.0 Å². The molecule has 4 rings (SSSR count). The predicted octanol–water partition coefficient (Wildman–Crippen LogP) is 2.84. The molecule has 2 unspecified atom stereocenters. The van der Waals surface area contributed by atoms with Gasteiger partial charge in [-0.05, 0) is 44.6 Å². The van der Waals surface area contributed by atoms with E-state index >= 15 is 0 Å². The summed E-state index contributed by atoms with van der Waals surface area (Å²) in [6.07, 6.45) is 14.0. The van der Waals surface area contributed by atoms with Gasteiger partial charge in [-0.25, -0.2) is 0 Å². The molecule has 21 heavy (non-hydrogen) atoms. The number of aromatic nitrogens is 2. The standard InChI is InChI=1S/C17H28N4/c18-13-10-16-6-7-17(11-13)20(16)12-14-8-9-21(19-14)15-4-2-1-3-5-15/h8-9,13,15-17H,1-7,10-12,18H2. The highest BCUT2D eigenvalue weighted by molar-refractivity contribution is 5.04. The molecule has 2 N–H and O–H groups in total. The van der Waals surface area contributed by atoms with E-state index in [1.807, 2.05) is 0 Å². The zero-order valence-corrected chi connectivity index (χ0v) is 13.0. The lowest BCUT2D eigenvalue weighted by atomic mass is 9.96. The van der Waals surface area contributed by atoms with Crippen molar-refractivity contribution in [2.75, 3.05) is 0 Å². The van der Waals surface area contributed by atoms with Crippen LogP contribution in [0.15, 0.2) is 12.3 Å². The van der Waals surface area contributed by atoms with Gasteiger partial charge in [0.2, 0.25) is 0 Å². The summed E-state index contributed by atoms with van der Waals surface area (Å²) in [5.41, 5.74) is 7.42. The summed E-state index contributed by atoms with van der Waals surface area (Å²) < 4.78 is 2.24. The molecule has 4 heteroatoms. The number of fused-ring (bicyclic) bond motifs is 2. The van der Waals surface area contributed by atoms with Gasteiger partial charge in [0.15, 0.2) is 0 Å². The summed E-state index contributed by atoms with van der Waals surface area (Å²) >= 11 is 0. The summed E-state index contributed by atoms with van der Waals surface area (Å²) in [7, 11) is 0. The lowest BCUT2D eigenvalue weighted by Crippen LogP contribution is -2.46. The second kappa shape index (κ2) is 5.73. The van der Waals surface area contributed by atoms with Gasteiger partial charge in [-0.15, -0.1) is 0 Å². The van der Waals surface area contributed by atoms with E-state index in [0.29, 0.717) is 24.2 Å². The van der Waals surface area contributed by atoms with Crippen LogP contribution in [-0.4, -0.2) is 32.8 Å². The molecule has 0 radical (unpaired) electrons. The van der Waals surface area contributed by atoms with Crippen molar-refractivity contribution in [3.63, 3.8) is 0 Å². The highest BCUT2D eigenvalue weighted by Gasteiger charge is 2.39. The molecule has 3 fully saturated rings. The molecule has 0 amide bonds. The summed E-state index contributed by atoms with van der Waals surface area (Å²) in [5, 5.41) is 4.89. The highest BCUT2D eigenvalue weighted by atomic mass is 15.3. The second-order valence-corrected chi connectivity index (χ2v) is 7.37. The first-order valence-corrected chi connectivity index (χ1v) is 8.85. The molecular formula is C17H28N4. The fourth-order valence-corrected chi connectivity index (χ4v) is 4.77. The monoisotopic (exact) mass is 288 g/mol. The maximum Gasteiger partial charge on any atom is 0.0765 e. The van der Waals surface area contributed by atoms with Gasteiger partial charge in [0.05, 0.1) is 11.7 Å². The van der Waals surface area contributed by atoms with Crippen molar-refractivity contribution >= 4 is 0 Å². The van der Waals surface area contributed by atoms with Gasteiger partial charge in [0, 0.05) is 30.9 Å². The predicted molar refractivity (Wildman–Crippen MR) is 83.9 cm³/mol. The first-order chi connectivity index (χ1) is 10.3. The van der Waals surface area contributed by atoms with Crippen LogP contribution in [0.25, 0.3) is 0 Å². The van der Waals surface area contributed by atoms with Crippen LogP contribution >= 0.6 is 0 Å². The smallest absolute Gasteiger partial charge is 0.0765 e. The topological polar surface area (TPSA) is 47.1 Å². The number of hydrogen-bond acceptors (Lipinski definition) is 3. The molecule has 1 aromatic heterocycles. The number of rotatable bonds is 3. The molecule has 3 aliphatic rings. The molecule has 116 valence electrons. The molecule has 4 nitrogen and oxygen atoms in total. The molecule has 1 aliphatic carbocycles. The van der Waals surface area contributed by atoms with E-state index in [1.165, 1.54) is 63.5 Å². The van der Waals surface area contributed by atoms with Crippen LogP contribution < -0.4 is 5.73 Å². The minimum absolute atomic E-state index is 0.429. The Hall–Kier alpha value is -0.870. The van der Waals surface area contributed by atoms with Crippen LogP contribution in [0, 0.1) is 0 Å². The van der Waals surface area contributed by atoms with Crippen LogP contribution in [-0.2, 0) is 6.54 Å². The van der Waals surface area contributed by atoms with E-state index < -0.39 is 0 Å². The zero-order valence-electron chi connectivity index (χ0n) is 13.0. The minimum atomic E-state index is 0.429. The maximum atomic E-state index is 6.17. The molecule has 0 aromatic carbocycles. The third-order valence-electron chi connectivity index (χ3n) is 5.88. The van der Waals surface area contributed by atoms with Gasteiger partial charge < -0.3 is 5.73 Å². The van der Waals surface area contributed by atoms with Crippen molar-refractivity contribution in [3.8, 4) is 0 Å². The number of nitrogens with two attached hydrogens (primary N) is 1. The van der Waals surface area contributed by atoms with Crippen molar-refractivity contribution in [1.82, 2.24) is 14.7 Å². The molecule has 2 saturated heterocycles. The van der Waals surface area contributed by atoms with Gasteiger partial charge in [-0.3, -0.25) is 9.58 Å². The van der Waals surface area contributed by atoms with E-state index in [4.69, 9.17) is 10.8 Å². The van der Waals surface area contributed by atoms with Crippen molar-refractivity contribution in [1.29, 1.82) is 0 Å². The molecule has 2 bridgehead atoms. The van der Waals surface area contributed by atoms with Crippen LogP contribution in [0.5, 0.6) is 0 Å². The molecule has 2 atom stereocenters. The molecule has 1 saturated carbocycles. The fraction of sp³-hybridized carbons (Fsp3) is 0.824. The first-order valence-electron chi connectivity index (χ1n) is 8.85. The van der Waals surface area contributed by atoms with Gasteiger partial charge >= 0.3 is 0 Å². The average Bonchev–Trinajstić information content (AvgIpc) is 3.05. The first kappa shape index (κ1) is 13.8. The van der Waals surface area contributed by atoms with Crippen molar-refractivity contribution < 1.29 is 0 Å². The minimum Gasteiger partial charge on any atom is -0.328 e. The molecule has 0 spiro atoms. The van der Waals surface area contributed by atoms with E-state index in [0.717, 1.165) is 6.54 Å². The van der Waals surface area contributed by atoms with Crippen LogP contribution in [0.2, 0.25) is 0 Å². The Balaban J connectivity index is 1.42. The highest BCUT2D eigenvalue weighted by Crippen LogP contribution is 2.36. The quantitative estimate of drug-likeness (QED) is 0.930. The molecular weight excluding hydrogens is 260 g/mol. The Labute approximate surface area is 127 Å². The number of piperidine rings is 1. The summed E-state index contributed by atoms with van der Waals surface area (Å²) in [6.45, 7) is 1.03. The summed E-state index contributed by atoms with van der Waals surface area (Å²) in [5.74, 6) is 0. The third-order valence-corrected chi connectivity index (χ3v) is 5.88. The largest absolute Gasteiger partial charge is 0.328 e. The Bertz CT molecular complexity index is 463. The summed E-state index contributed by atoms with van der Waals surface area (Å²) in [6, 6.07) is 4.73. The van der Waals surface area contributed by atoms with Crippen LogP contribution in [0.4, 0.5) is 0 Å². The summed E-state index contributed by atoms with van der Waals surface area (Å²) in [4.78, 5) is 2.68. The van der Waals surface area contributed by atoms with E-state index in [1.54, 1.807) is 0 Å². The lowest BCUT2D eigenvalue weighted by molar-refractivity contribution is 0.118. The fourth-order valence-electron chi connectivity index (χ4n) is 4.77. The number of hydrogen-bond donors (Lipinski definition) is 1. The Morgan fingerprint density at radius 3 is 2.43 bits per heavy atom. The van der Waals surface area contributed by atoms with Gasteiger partial charge in [0.25, 0.3) is 0 Å². The Morgan fingerprint density at radius 2 is 1.71 bits per heavy atom. The Morgan fingerprint density at radius 1 is 1.00 bits per heavy atom. The van der Waals surface area contributed by atoms with E-state index in [2.05, 4.69) is 21.8 Å². The van der Waals surface area contributed by atoms with Crippen LogP contribution in [0.3, 0.4) is 0 Å². The van der Waals surface area contributed by atoms with Crippen LogP contribution in [0.1, 0.15) is 69.5 Å². The average molecular weight is 288 g/mol. The zero-order chi connectivity index (χ0) is 14.2. The molecule has 2 aliphatic heterocycles. The van der Waals surface area contributed by atoms with Gasteiger partial charge in [0.1, 0.15) is 0 Å². The van der Waals surface area contributed by atoms with Crippen molar-refractivity contribution in [2.45, 2.75) is 88.5 Å². The lowest BCUT2D eigenvalue weighted by Gasteiger charge is -2.37. The normalized spacial score (nSPS) is 34.4. The molecule has 1 aromatic rings. The number of nitrogens with zero attached hydrogens (tertiary/aromatic N) is 3. The Kier molecular flexibility index (Phi) is 3.76. The maximum absolute atomic E-state index is 6.17. The van der Waals surface area contributed by atoms with Gasteiger partial charge in [-0.2, -0.15) is 5.10 Å².